The normalized spacial score (nSPS) is 11.2. The third-order valence-corrected chi connectivity index (χ3v) is 4.31. The molecule has 0 fully saturated rings. The summed E-state index contributed by atoms with van der Waals surface area (Å²) in [7, 11) is 0. The molecule has 0 saturated carbocycles. The minimum absolute atomic E-state index is 0.361. The molecular formula is C12H9BrN2O2S. The fourth-order valence-corrected chi connectivity index (χ4v) is 3.26. The number of nitrogens with zero attached hydrogens (tertiary/aromatic N) is 1. The summed E-state index contributed by atoms with van der Waals surface area (Å²) in [6, 6.07) is 7.22. The van der Waals surface area contributed by atoms with E-state index < -0.39 is 0 Å². The Balaban J connectivity index is 2.11. The average Bonchev–Trinajstić information content (AvgIpc) is 2.84. The molecule has 2 N–H and O–H groups in total. The largest absolute Gasteiger partial charge is 0.420 e. The number of hydrogen-bond acceptors (Lipinski definition) is 4. The zero-order valence-electron chi connectivity index (χ0n) is 9.22. The van der Waals surface area contributed by atoms with Gasteiger partial charge in [0.2, 0.25) is 0 Å². The third kappa shape index (κ3) is 1.97. The Labute approximate surface area is 115 Å². The van der Waals surface area contributed by atoms with Crippen LogP contribution in [-0.4, -0.2) is 4.57 Å². The number of thiophene rings is 1. The van der Waals surface area contributed by atoms with Crippen LogP contribution in [0, 0.1) is 0 Å². The lowest BCUT2D eigenvalue weighted by molar-refractivity contribution is 0.519. The van der Waals surface area contributed by atoms with Crippen LogP contribution in [0.25, 0.3) is 11.1 Å². The lowest BCUT2D eigenvalue weighted by Gasteiger charge is -1.99. The van der Waals surface area contributed by atoms with E-state index in [0.29, 0.717) is 17.8 Å². The monoisotopic (exact) mass is 324 g/mol. The number of fused-ring (bicyclic) bond motifs is 1. The number of nitrogens with two attached hydrogens (primary N) is 1. The molecule has 6 heteroatoms. The predicted molar refractivity (Wildman–Crippen MR) is 76.0 cm³/mol. The molecule has 2 aromatic heterocycles. The van der Waals surface area contributed by atoms with Gasteiger partial charge in [-0.15, -0.1) is 11.3 Å². The summed E-state index contributed by atoms with van der Waals surface area (Å²) >= 11 is 4.99. The van der Waals surface area contributed by atoms with Gasteiger partial charge in [-0.2, -0.15) is 0 Å². The Morgan fingerprint density at radius 2 is 2.22 bits per heavy atom. The number of benzene rings is 1. The molecule has 0 amide bonds. The van der Waals surface area contributed by atoms with Crippen molar-refractivity contribution in [3.05, 3.63) is 49.5 Å². The van der Waals surface area contributed by atoms with Gasteiger partial charge in [-0.1, -0.05) is 0 Å². The van der Waals surface area contributed by atoms with E-state index in [1.807, 2.05) is 11.4 Å². The number of rotatable bonds is 2. The van der Waals surface area contributed by atoms with E-state index in [0.717, 1.165) is 14.9 Å². The third-order valence-electron chi connectivity index (χ3n) is 2.63. The zero-order valence-corrected chi connectivity index (χ0v) is 11.6. The van der Waals surface area contributed by atoms with Gasteiger partial charge >= 0.3 is 5.76 Å². The Bertz CT molecular complexity index is 772. The molecule has 92 valence electrons. The molecule has 0 saturated heterocycles. The van der Waals surface area contributed by atoms with Gasteiger partial charge < -0.3 is 10.2 Å². The van der Waals surface area contributed by atoms with E-state index in [-0.39, 0.29) is 5.76 Å². The maximum Gasteiger partial charge on any atom is 0.420 e. The zero-order chi connectivity index (χ0) is 12.7. The molecule has 0 aliphatic heterocycles. The first-order chi connectivity index (χ1) is 8.63. The highest BCUT2D eigenvalue weighted by atomic mass is 79.9. The Morgan fingerprint density at radius 1 is 1.39 bits per heavy atom. The van der Waals surface area contributed by atoms with Crippen LogP contribution in [0.3, 0.4) is 0 Å². The van der Waals surface area contributed by atoms with Gasteiger partial charge in [0.1, 0.15) is 0 Å². The number of oxazole rings is 1. The van der Waals surface area contributed by atoms with Crippen molar-refractivity contribution in [2.75, 3.05) is 5.73 Å². The molecule has 2 heterocycles. The summed E-state index contributed by atoms with van der Waals surface area (Å²) in [4.78, 5) is 12.9. The molecule has 0 spiro atoms. The summed E-state index contributed by atoms with van der Waals surface area (Å²) in [6.07, 6.45) is 0. The lowest BCUT2D eigenvalue weighted by atomic mass is 10.3. The Morgan fingerprint density at radius 3 is 2.94 bits per heavy atom. The Hall–Kier alpha value is -1.53. The molecule has 0 aliphatic carbocycles. The van der Waals surface area contributed by atoms with Crippen molar-refractivity contribution in [2.24, 2.45) is 0 Å². The number of halogens is 1. The average molecular weight is 325 g/mol. The van der Waals surface area contributed by atoms with Crippen molar-refractivity contribution in [3.8, 4) is 0 Å². The fourth-order valence-electron chi connectivity index (χ4n) is 1.83. The molecule has 0 atom stereocenters. The van der Waals surface area contributed by atoms with E-state index in [4.69, 9.17) is 10.2 Å². The van der Waals surface area contributed by atoms with Gasteiger partial charge in [-0.05, 0) is 34.1 Å². The molecule has 18 heavy (non-hydrogen) atoms. The molecule has 3 aromatic rings. The number of hydrogen-bond donors (Lipinski definition) is 1. The highest BCUT2D eigenvalue weighted by Crippen LogP contribution is 2.22. The molecule has 4 nitrogen and oxygen atoms in total. The van der Waals surface area contributed by atoms with E-state index in [1.54, 1.807) is 34.1 Å². The molecule has 0 unspecified atom stereocenters. The second kappa shape index (κ2) is 4.29. The van der Waals surface area contributed by atoms with Crippen LogP contribution in [-0.2, 0) is 6.54 Å². The summed E-state index contributed by atoms with van der Waals surface area (Å²) in [6.45, 7) is 0.506. The maximum absolute atomic E-state index is 11.8. The van der Waals surface area contributed by atoms with E-state index in [2.05, 4.69) is 15.9 Å². The second-order valence-electron chi connectivity index (χ2n) is 3.91. The summed E-state index contributed by atoms with van der Waals surface area (Å²) in [5.74, 6) is -0.361. The van der Waals surface area contributed by atoms with Crippen LogP contribution in [0.15, 0.2) is 43.3 Å². The van der Waals surface area contributed by atoms with Gasteiger partial charge in [0.05, 0.1) is 12.1 Å². The SMILES string of the molecule is Nc1ccc2c(c1)oc(=O)n2Cc1cc(Br)cs1. The van der Waals surface area contributed by atoms with Crippen LogP contribution in [0.2, 0.25) is 0 Å². The van der Waals surface area contributed by atoms with Crippen LogP contribution >= 0.6 is 27.3 Å². The van der Waals surface area contributed by atoms with Crippen molar-refractivity contribution < 1.29 is 4.42 Å². The summed E-state index contributed by atoms with van der Waals surface area (Å²) < 4.78 is 7.80. The van der Waals surface area contributed by atoms with Gasteiger partial charge in [0.25, 0.3) is 0 Å². The fraction of sp³-hybridized carbons (Fsp3) is 0.0833. The first-order valence-electron chi connectivity index (χ1n) is 5.25. The van der Waals surface area contributed by atoms with Gasteiger partial charge in [0, 0.05) is 26.5 Å². The van der Waals surface area contributed by atoms with Crippen molar-refractivity contribution in [3.63, 3.8) is 0 Å². The van der Waals surface area contributed by atoms with Crippen molar-refractivity contribution >= 4 is 44.1 Å². The maximum atomic E-state index is 11.8. The van der Waals surface area contributed by atoms with Crippen molar-refractivity contribution in [2.45, 2.75) is 6.54 Å². The molecule has 0 radical (unpaired) electrons. The highest BCUT2D eigenvalue weighted by molar-refractivity contribution is 9.10. The van der Waals surface area contributed by atoms with Gasteiger partial charge in [0.15, 0.2) is 5.58 Å². The summed E-state index contributed by atoms with van der Waals surface area (Å²) in [5.41, 5.74) is 7.54. The minimum atomic E-state index is -0.361. The van der Waals surface area contributed by atoms with Crippen LogP contribution < -0.4 is 11.5 Å². The van der Waals surface area contributed by atoms with Gasteiger partial charge in [-0.25, -0.2) is 4.79 Å². The van der Waals surface area contributed by atoms with Crippen LogP contribution in [0.5, 0.6) is 0 Å². The number of nitrogen functional groups attached to an aromatic ring is 1. The quantitative estimate of drug-likeness (QED) is 0.737. The molecule has 1 aromatic carbocycles. The van der Waals surface area contributed by atoms with E-state index in [1.165, 1.54) is 0 Å². The van der Waals surface area contributed by atoms with Crippen LogP contribution in [0.4, 0.5) is 5.69 Å². The molecular weight excluding hydrogens is 316 g/mol. The van der Waals surface area contributed by atoms with E-state index >= 15 is 0 Å². The van der Waals surface area contributed by atoms with Crippen molar-refractivity contribution in [1.29, 1.82) is 0 Å². The predicted octanol–water partition coefficient (Wildman–Crippen LogP) is 3.05. The number of anilines is 1. The first kappa shape index (κ1) is 11.6. The topological polar surface area (TPSA) is 61.2 Å². The molecule has 0 aliphatic rings. The second-order valence-corrected chi connectivity index (χ2v) is 5.82. The van der Waals surface area contributed by atoms with E-state index in [9.17, 15) is 4.79 Å². The number of aromatic nitrogens is 1. The molecule has 0 bridgehead atoms. The Kier molecular flexibility index (Phi) is 2.76. The molecule has 3 rings (SSSR count). The standard InChI is InChI=1S/C12H9BrN2O2S/c13-7-3-9(18-6-7)5-15-10-2-1-8(14)4-11(10)17-12(15)16/h1-4,6H,5,14H2. The van der Waals surface area contributed by atoms with Crippen LogP contribution in [0.1, 0.15) is 4.88 Å². The van der Waals surface area contributed by atoms with Crippen molar-refractivity contribution in [1.82, 2.24) is 4.57 Å². The van der Waals surface area contributed by atoms with Gasteiger partial charge in [-0.3, -0.25) is 4.57 Å². The lowest BCUT2D eigenvalue weighted by Crippen LogP contribution is -2.14. The smallest absolute Gasteiger partial charge is 0.408 e. The highest BCUT2D eigenvalue weighted by Gasteiger charge is 2.10. The minimum Gasteiger partial charge on any atom is -0.408 e. The first-order valence-corrected chi connectivity index (χ1v) is 6.92. The summed E-state index contributed by atoms with van der Waals surface area (Å²) in [5, 5.41) is 1.99.